The molecule has 1 atom stereocenters. The number of benzene rings is 1. The number of rotatable bonds is 5. The summed E-state index contributed by atoms with van der Waals surface area (Å²) in [5, 5.41) is 3.94. The van der Waals surface area contributed by atoms with Gasteiger partial charge in [-0.05, 0) is 31.5 Å². The van der Waals surface area contributed by atoms with Gasteiger partial charge in [-0.15, -0.1) is 0 Å². The van der Waals surface area contributed by atoms with Crippen molar-refractivity contribution in [3.05, 3.63) is 28.2 Å². The van der Waals surface area contributed by atoms with Gasteiger partial charge in [0.05, 0.1) is 16.7 Å². The monoisotopic (exact) mass is 275 g/mol. The van der Waals surface area contributed by atoms with Gasteiger partial charge in [-0.25, -0.2) is 4.79 Å². The maximum atomic E-state index is 11.5. The van der Waals surface area contributed by atoms with Crippen molar-refractivity contribution < 1.29 is 9.53 Å². The van der Waals surface area contributed by atoms with Crippen molar-refractivity contribution in [2.45, 2.75) is 26.3 Å². The molecule has 0 fully saturated rings. The number of anilines is 1. The molecule has 0 aliphatic rings. The summed E-state index contributed by atoms with van der Waals surface area (Å²) in [5.74, 6) is -0.280. The summed E-state index contributed by atoms with van der Waals surface area (Å²) in [6, 6.07) is 4.69. The van der Waals surface area contributed by atoms with Crippen molar-refractivity contribution in [2.75, 3.05) is 11.9 Å². The average Bonchev–Trinajstić information content (AvgIpc) is 2.30. The van der Waals surface area contributed by atoms with Gasteiger partial charge in [0.15, 0.2) is 0 Å². The van der Waals surface area contributed by atoms with Crippen LogP contribution in [0.15, 0.2) is 18.2 Å². The average molecular weight is 276 g/mol. The Morgan fingerprint density at radius 3 is 2.71 bits per heavy atom. The van der Waals surface area contributed by atoms with Crippen molar-refractivity contribution in [2.24, 2.45) is 0 Å². The molecule has 0 saturated heterocycles. The molecule has 1 aromatic carbocycles. The van der Waals surface area contributed by atoms with E-state index in [1.54, 1.807) is 25.1 Å². The molecule has 0 heterocycles. The lowest BCUT2D eigenvalue weighted by molar-refractivity contribution is -0.144. The number of carbonyl (C=O) groups excluding carboxylic acids is 1. The summed E-state index contributed by atoms with van der Waals surface area (Å²) in [6.45, 7) is 4.12. The molecule has 17 heavy (non-hydrogen) atoms. The van der Waals surface area contributed by atoms with Gasteiger partial charge in [0.25, 0.3) is 0 Å². The van der Waals surface area contributed by atoms with Crippen LogP contribution in [0.3, 0.4) is 0 Å². The first-order valence-corrected chi connectivity index (χ1v) is 6.18. The number of nitrogens with one attached hydrogen (secondary N) is 1. The van der Waals surface area contributed by atoms with Crippen LogP contribution in [0.4, 0.5) is 5.69 Å². The lowest BCUT2D eigenvalue weighted by atomic mass is 10.2. The normalized spacial score (nSPS) is 12.0. The fourth-order valence-corrected chi connectivity index (χ4v) is 1.52. The van der Waals surface area contributed by atoms with E-state index in [0.29, 0.717) is 16.7 Å². The van der Waals surface area contributed by atoms with Gasteiger partial charge in [-0.2, -0.15) is 0 Å². The molecule has 1 aromatic rings. The molecule has 0 aliphatic heterocycles. The third-order valence-electron chi connectivity index (χ3n) is 2.10. The third-order valence-corrected chi connectivity index (χ3v) is 2.84. The van der Waals surface area contributed by atoms with E-state index in [0.717, 1.165) is 12.1 Å². The Balaban J connectivity index is 2.58. The highest BCUT2D eigenvalue weighted by Gasteiger charge is 2.14. The highest BCUT2D eigenvalue weighted by Crippen LogP contribution is 2.25. The van der Waals surface area contributed by atoms with Crippen molar-refractivity contribution in [1.82, 2.24) is 0 Å². The van der Waals surface area contributed by atoms with Gasteiger partial charge in [0.2, 0.25) is 0 Å². The van der Waals surface area contributed by atoms with Crippen molar-refractivity contribution in [1.29, 1.82) is 0 Å². The first-order chi connectivity index (χ1) is 8.04. The highest BCUT2D eigenvalue weighted by atomic mass is 35.5. The standard InChI is InChI=1S/C12H15Cl2NO2/c1-3-6-17-12(16)8(2)15-9-4-5-10(13)11(14)7-9/h4-5,7-8,15H,3,6H2,1-2H3/t8-/m0/s1. The second kappa shape index (κ2) is 6.72. The lowest BCUT2D eigenvalue weighted by Gasteiger charge is -2.14. The number of esters is 1. The van der Waals surface area contributed by atoms with Crippen LogP contribution in [0.1, 0.15) is 20.3 Å². The molecule has 94 valence electrons. The van der Waals surface area contributed by atoms with E-state index in [1.165, 1.54) is 0 Å². The molecule has 0 bridgehead atoms. The van der Waals surface area contributed by atoms with Crippen LogP contribution in [0.25, 0.3) is 0 Å². The quantitative estimate of drug-likeness (QED) is 0.832. The van der Waals surface area contributed by atoms with Gasteiger partial charge >= 0.3 is 5.97 Å². The molecular formula is C12H15Cl2NO2. The lowest BCUT2D eigenvalue weighted by Crippen LogP contribution is -2.28. The Kier molecular flexibility index (Phi) is 5.59. The molecule has 0 spiro atoms. The number of halogens is 2. The Morgan fingerprint density at radius 1 is 1.41 bits per heavy atom. The number of carbonyl (C=O) groups is 1. The van der Waals surface area contributed by atoms with Crippen molar-refractivity contribution in [3.63, 3.8) is 0 Å². The largest absolute Gasteiger partial charge is 0.464 e. The molecular weight excluding hydrogens is 261 g/mol. The topological polar surface area (TPSA) is 38.3 Å². The molecule has 5 heteroatoms. The summed E-state index contributed by atoms with van der Waals surface area (Å²) >= 11 is 11.7. The maximum absolute atomic E-state index is 11.5. The molecule has 0 amide bonds. The van der Waals surface area contributed by atoms with Crippen LogP contribution in [0.2, 0.25) is 10.0 Å². The third kappa shape index (κ3) is 4.44. The van der Waals surface area contributed by atoms with Crippen LogP contribution < -0.4 is 5.32 Å². The fraction of sp³-hybridized carbons (Fsp3) is 0.417. The second-order valence-electron chi connectivity index (χ2n) is 3.66. The summed E-state index contributed by atoms with van der Waals surface area (Å²) in [4.78, 5) is 11.5. The number of hydrogen-bond donors (Lipinski definition) is 1. The summed E-state index contributed by atoms with van der Waals surface area (Å²) < 4.78 is 5.02. The predicted molar refractivity (Wildman–Crippen MR) is 70.8 cm³/mol. The zero-order chi connectivity index (χ0) is 12.8. The van der Waals surface area contributed by atoms with E-state index < -0.39 is 6.04 Å². The SMILES string of the molecule is CCCOC(=O)[C@H](C)Nc1ccc(Cl)c(Cl)c1. The Morgan fingerprint density at radius 2 is 2.12 bits per heavy atom. The van der Waals surface area contributed by atoms with E-state index in [1.807, 2.05) is 6.92 Å². The van der Waals surface area contributed by atoms with Gasteiger partial charge < -0.3 is 10.1 Å². The summed E-state index contributed by atoms with van der Waals surface area (Å²) in [7, 11) is 0. The molecule has 1 rings (SSSR count). The van der Waals surface area contributed by atoms with Gasteiger partial charge in [0, 0.05) is 5.69 Å². The van der Waals surface area contributed by atoms with Gasteiger partial charge in [-0.1, -0.05) is 30.1 Å². The van der Waals surface area contributed by atoms with Crippen LogP contribution in [-0.2, 0) is 9.53 Å². The van der Waals surface area contributed by atoms with E-state index >= 15 is 0 Å². The molecule has 1 N–H and O–H groups in total. The maximum Gasteiger partial charge on any atom is 0.328 e. The van der Waals surface area contributed by atoms with E-state index in [4.69, 9.17) is 27.9 Å². The minimum atomic E-state index is -0.418. The van der Waals surface area contributed by atoms with Crippen LogP contribution in [0.5, 0.6) is 0 Å². The Bertz CT molecular complexity index is 396. The molecule has 0 radical (unpaired) electrons. The molecule has 0 saturated carbocycles. The minimum Gasteiger partial charge on any atom is -0.464 e. The van der Waals surface area contributed by atoms with E-state index in [-0.39, 0.29) is 5.97 Å². The molecule has 0 unspecified atom stereocenters. The Hall–Kier alpha value is -0.930. The molecule has 3 nitrogen and oxygen atoms in total. The van der Waals surface area contributed by atoms with Gasteiger partial charge in [-0.3, -0.25) is 0 Å². The smallest absolute Gasteiger partial charge is 0.328 e. The summed E-state index contributed by atoms with van der Waals surface area (Å²) in [5.41, 5.74) is 0.736. The second-order valence-corrected chi connectivity index (χ2v) is 4.48. The van der Waals surface area contributed by atoms with Crippen LogP contribution >= 0.6 is 23.2 Å². The van der Waals surface area contributed by atoms with E-state index in [9.17, 15) is 4.79 Å². The van der Waals surface area contributed by atoms with E-state index in [2.05, 4.69) is 5.32 Å². The zero-order valence-electron chi connectivity index (χ0n) is 9.80. The van der Waals surface area contributed by atoms with Crippen LogP contribution in [0, 0.1) is 0 Å². The number of ether oxygens (including phenoxy) is 1. The molecule has 0 aliphatic carbocycles. The molecule has 0 aromatic heterocycles. The predicted octanol–water partition coefficient (Wildman–Crippen LogP) is 3.75. The zero-order valence-corrected chi connectivity index (χ0v) is 11.3. The minimum absolute atomic E-state index is 0.280. The number of hydrogen-bond acceptors (Lipinski definition) is 3. The fourth-order valence-electron chi connectivity index (χ4n) is 1.22. The highest BCUT2D eigenvalue weighted by molar-refractivity contribution is 6.42. The first kappa shape index (κ1) is 14.1. The van der Waals surface area contributed by atoms with Crippen molar-refractivity contribution in [3.8, 4) is 0 Å². The summed E-state index contributed by atoms with van der Waals surface area (Å²) in [6.07, 6.45) is 0.811. The Labute approximate surface area is 111 Å². The van der Waals surface area contributed by atoms with Gasteiger partial charge in [0.1, 0.15) is 6.04 Å². The van der Waals surface area contributed by atoms with Crippen LogP contribution in [-0.4, -0.2) is 18.6 Å². The van der Waals surface area contributed by atoms with Crippen molar-refractivity contribution >= 4 is 34.9 Å². The first-order valence-electron chi connectivity index (χ1n) is 5.42.